The highest BCUT2D eigenvalue weighted by atomic mass is 35.5. The minimum Gasteiger partial charge on any atom is -0.489 e. The lowest BCUT2D eigenvalue weighted by atomic mass is 10.1. The molecule has 0 aromatic heterocycles. The van der Waals surface area contributed by atoms with Gasteiger partial charge < -0.3 is 20.7 Å². The van der Waals surface area contributed by atoms with Crippen LogP contribution in [-0.4, -0.2) is 17.7 Å². The van der Waals surface area contributed by atoms with Crippen LogP contribution in [0.25, 0.3) is 6.08 Å². The van der Waals surface area contributed by atoms with E-state index in [2.05, 4.69) is 16.0 Å². The maximum atomic E-state index is 13.8. The number of nitrogens with one attached hydrogen (secondary N) is 3. The van der Waals surface area contributed by atoms with Crippen molar-refractivity contribution in [3.8, 4) is 5.75 Å². The van der Waals surface area contributed by atoms with Crippen molar-refractivity contribution in [3.05, 3.63) is 196 Å². The van der Waals surface area contributed by atoms with E-state index in [9.17, 15) is 14.4 Å². The molecule has 7 nitrogen and oxygen atoms in total. The Morgan fingerprint density at radius 1 is 0.698 bits per heavy atom. The highest BCUT2D eigenvalue weighted by Crippen LogP contribution is 2.38. The molecular formula is C43H33Cl2N3O4S. The lowest BCUT2D eigenvalue weighted by molar-refractivity contribution is -0.116. The van der Waals surface area contributed by atoms with Crippen molar-refractivity contribution in [2.45, 2.75) is 16.8 Å². The van der Waals surface area contributed by atoms with Gasteiger partial charge in [-0.3, -0.25) is 14.4 Å². The van der Waals surface area contributed by atoms with Crippen LogP contribution < -0.4 is 20.7 Å². The van der Waals surface area contributed by atoms with Gasteiger partial charge in [0.15, 0.2) is 0 Å². The highest BCUT2D eigenvalue weighted by molar-refractivity contribution is 8.00. The second kappa shape index (κ2) is 18.1. The van der Waals surface area contributed by atoms with Crippen molar-refractivity contribution < 1.29 is 19.1 Å². The average Bonchev–Trinajstić information content (AvgIpc) is 3.19. The molecule has 0 aliphatic heterocycles. The number of halogens is 2. The van der Waals surface area contributed by atoms with Gasteiger partial charge in [0.2, 0.25) is 5.91 Å². The number of benzene rings is 6. The van der Waals surface area contributed by atoms with Crippen molar-refractivity contribution in [1.29, 1.82) is 0 Å². The summed E-state index contributed by atoms with van der Waals surface area (Å²) in [5.74, 6) is -0.604. The lowest BCUT2D eigenvalue weighted by Crippen LogP contribution is -2.30. The maximum absolute atomic E-state index is 13.8. The first-order valence-corrected chi connectivity index (χ1v) is 18.2. The van der Waals surface area contributed by atoms with Crippen LogP contribution in [0.3, 0.4) is 0 Å². The standard InChI is InChI=1S/C43H33Cl2N3O4S/c44-36-20-11-21-37(39(36)45)47-43(51)40(31-14-6-2-7-15-31)53-35-19-10-18-33(27-35)46-42(50)38(48-41(49)32-16-8-3-9-17-32)26-29-22-24-34(25-23-29)52-28-30-12-4-1-5-13-30/h1-27,40H,28H2,(H,46,50)(H,47,51)(H,48,49)/b38-26+. The topological polar surface area (TPSA) is 96.5 Å². The molecule has 6 rings (SSSR count). The number of ether oxygens (including phenoxy) is 1. The number of hydrogen-bond donors (Lipinski definition) is 3. The summed E-state index contributed by atoms with van der Waals surface area (Å²) >= 11 is 13.9. The number of rotatable bonds is 13. The Labute approximate surface area is 322 Å². The van der Waals surface area contributed by atoms with E-state index >= 15 is 0 Å². The molecule has 0 heterocycles. The average molecular weight is 759 g/mol. The zero-order chi connectivity index (χ0) is 37.0. The van der Waals surface area contributed by atoms with Gasteiger partial charge in [-0.1, -0.05) is 126 Å². The minimum absolute atomic E-state index is 0.0369. The molecule has 0 aliphatic rings. The Morgan fingerprint density at radius 2 is 1.36 bits per heavy atom. The highest BCUT2D eigenvalue weighted by Gasteiger charge is 2.24. The quantitative estimate of drug-likeness (QED) is 0.0805. The first-order chi connectivity index (χ1) is 25.8. The molecule has 0 bridgehead atoms. The third-order valence-electron chi connectivity index (χ3n) is 7.86. The third-order valence-corrected chi connectivity index (χ3v) is 9.93. The van der Waals surface area contributed by atoms with Crippen LogP contribution >= 0.6 is 35.0 Å². The Bertz CT molecular complexity index is 2220. The van der Waals surface area contributed by atoms with Crippen LogP contribution in [0.4, 0.5) is 11.4 Å². The van der Waals surface area contributed by atoms with Crippen LogP contribution in [0.5, 0.6) is 5.75 Å². The SMILES string of the molecule is O=C(Nc1cccc(SC(C(=O)Nc2cccc(Cl)c2Cl)c2ccccc2)c1)/C(=C\c1ccc(OCc2ccccc2)cc1)NC(=O)c1ccccc1. The first kappa shape index (κ1) is 37.0. The molecule has 0 fully saturated rings. The van der Waals surface area contributed by atoms with E-state index in [-0.39, 0.29) is 16.6 Å². The molecule has 10 heteroatoms. The van der Waals surface area contributed by atoms with E-state index in [0.717, 1.165) is 11.1 Å². The number of hydrogen-bond acceptors (Lipinski definition) is 5. The molecule has 1 atom stereocenters. The number of anilines is 2. The molecule has 3 N–H and O–H groups in total. The van der Waals surface area contributed by atoms with Gasteiger partial charge in [0.25, 0.3) is 11.8 Å². The molecule has 6 aromatic carbocycles. The van der Waals surface area contributed by atoms with E-state index in [4.69, 9.17) is 27.9 Å². The fraction of sp³-hybridized carbons (Fsp3) is 0.0465. The smallest absolute Gasteiger partial charge is 0.272 e. The Balaban J connectivity index is 1.21. The van der Waals surface area contributed by atoms with Crippen molar-refractivity contribution in [2.24, 2.45) is 0 Å². The predicted molar refractivity (Wildman–Crippen MR) is 214 cm³/mol. The molecule has 0 radical (unpaired) electrons. The summed E-state index contributed by atoms with van der Waals surface area (Å²) in [7, 11) is 0. The fourth-order valence-electron chi connectivity index (χ4n) is 5.19. The largest absolute Gasteiger partial charge is 0.489 e. The normalized spacial score (nSPS) is 11.6. The number of thioether (sulfide) groups is 1. The summed E-state index contributed by atoms with van der Waals surface area (Å²) < 4.78 is 5.91. The summed E-state index contributed by atoms with van der Waals surface area (Å²) in [5.41, 5.74) is 3.80. The summed E-state index contributed by atoms with van der Waals surface area (Å²) in [4.78, 5) is 41.4. The number of amides is 3. The first-order valence-electron chi connectivity index (χ1n) is 16.6. The summed E-state index contributed by atoms with van der Waals surface area (Å²) in [6, 6.07) is 47.3. The van der Waals surface area contributed by atoms with Crippen molar-refractivity contribution >= 4 is 70.1 Å². The lowest BCUT2D eigenvalue weighted by Gasteiger charge is -2.18. The van der Waals surface area contributed by atoms with Gasteiger partial charge in [0.1, 0.15) is 23.3 Å². The van der Waals surface area contributed by atoms with Crippen LogP contribution in [0.1, 0.15) is 32.3 Å². The van der Waals surface area contributed by atoms with E-state index in [1.807, 2.05) is 97.1 Å². The molecule has 0 saturated heterocycles. The fourth-order valence-corrected chi connectivity index (χ4v) is 6.62. The summed E-state index contributed by atoms with van der Waals surface area (Å²) in [6.45, 7) is 0.418. The maximum Gasteiger partial charge on any atom is 0.272 e. The molecule has 0 spiro atoms. The van der Waals surface area contributed by atoms with Gasteiger partial charge in [0.05, 0.1) is 15.7 Å². The summed E-state index contributed by atoms with van der Waals surface area (Å²) in [6.07, 6.45) is 1.60. The van der Waals surface area contributed by atoms with E-state index in [1.54, 1.807) is 66.7 Å². The summed E-state index contributed by atoms with van der Waals surface area (Å²) in [5, 5.41) is 8.50. The zero-order valence-corrected chi connectivity index (χ0v) is 30.5. The van der Waals surface area contributed by atoms with Crippen LogP contribution in [0.15, 0.2) is 168 Å². The number of carbonyl (C=O) groups excluding carboxylic acids is 3. The molecule has 53 heavy (non-hydrogen) atoms. The molecule has 6 aromatic rings. The van der Waals surface area contributed by atoms with E-state index in [1.165, 1.54) is 11.8 Å². The van der Waals surface area contributed by atoms with Gasteiger partial charge in [-0.15, -0.1) is 11.8 Å². The molecule has 264 valence electrons. The number of carbonyl (C=O) groups is 3. The Morgan fingerprint density at radius 3 is 2.08 bits per heavy atom. The van der Waals surface area contributed by atoms with Crippen molar-refractivity contribution in [1.82, 2.24) is 5.32 Å². The molecule has 1 unspecified atom stereocenters. The molecular weight excluding hydrogens is 725 g/mol. The van der Waals surface area contributed by atoms with Gasteiger partial charge in [-0.2, -0.15) is 0 Å². The monoisotopic (exact) mass is 757 g/mol. The van der Waals surface area contributed by atoms with Crippen molar-refractivity contribution in [2.75, 3.05) is 10.6 Å². The predicted octanol–water partition coefficient (Wildman–Crippen LogP) is 10.5. The Kier molecular flexibility index (Phi) is 12.6. The molecule has 3 amide bonds. The van der Waals surface area contributed by atoms with Gasteiger partial charge in [0, 0.05) is 16.1 Å². The van der Waals surface area contributed by atoms with E-state index in [0.29, 0.717) is 44.8 Å². The second-order valence-electron chi connectivity index (χ2n) is 11.7. The molecule has 0 aliphatic carbocycles. The van der Waals surface area contributed by atoms with Crippen LogP contribution in [0, 0.1) is 0 Å². The van der Waals surface area contributed by atoms with Gasteiger partial charge >= 0.3 is 0 Å². The second-order valence-corrected chi connectivity index (χ2v) is 13.7. The van der Waals surface area contributed by atoms with Crippen molar-refractivity contribution in [3.63, 3.8) is 0 Å². The molecule has 0 saturated carbocycles. The third kappa shape index (κ3) is 10.4. The van der Waals surface area contributed by atoms with E-state index < -0.39 is 17.1 Å². The van der Waals surface area contributed by atoms with Gasteiger partial charge in [-0.05, 0) is 77.4 Å². The van der Waals surface area contributed by atoms with Gasteiger partial charge in [-0.25, -0.2) is 0 Å². The van der Waals surface area contributed by atoms with Crippen LogP contribution in [0.2, 0.25) is 10.0 Å². The minimum atomic E-state index is -0.669. The van der Waals surface area contributed by atoms with Crippen LogP contribution in [-0.2, 0) is 16.2 Å². The zero-order valence-electron chi connectivity index (χ0n) is 28.2. The Hall–Kier alpha value is -5.80.